The number of imide groups is 1. The number of anilines is 1. The van der Waals surface area contributed by atoms with Crippen LogP contribution in [0.3, 0.4) is 0 Å². The number of benzene rings is 1. The summed E-state index contributed by atoms with van der Waals surface area (Å²) in [6.07, 6.45) is 3.00. The molecule has 4 rings (SSSR count). The molecule has 2 aliphatic carbocycles. The van der Waals surface area contributed by atoms with Gasteiger partial charge in [0.15, 0.2) is 0 Å². The van der Waals surface area contributed by atoms with E-state index in [1.54, 1.807) is 19.1 Å². The zero-order valence-corrected chi connectivity index (χ0v) is 15.0. The van der Waals surface area contributed by atoms with Crippen LogP contribution >= 0.6 is 0 Å². The minimum Gasteiger partial charge on any atom is -0.326 e. The highest BCUT2D eigenvalue weighted by atomic mass is 16.6. The molecule has 1 N–H and O–H groups in total. The minimum absolute atomic E-state index is 0.0199. The number of nitrogens with one attached hydrogen (secondary N) is 1. The molecule has 0 aromatic heterocycles. The summed E-state index contributed by atoms with van der Waals surface area (Å²) in [6.45, 7) is 1.68. The predicted molar refractivity (Wildman–Crippen MR) is 95.6 cm³/mol. The lowest BCUT2D eigenvalue weighted by Gasteiger charge is -2.19. The van der Waals surface area contributed by atoms with E-state index < -0.39 is 4.92 Å². The molecule has 27 heavy (non-hydrogen) atoms. The predicted octanol–water partition coefficient (Wildman–Crippen LogP) is 2.26. The van der Waals surface area contributed by atoms with Gasteiger partial charge in [0.05, 0.1) is 16.8 Å². The average Bonchev–Trinajstić information content (AvgIpc) is 3.29. The van der Waals surface area contributed by atoms with Gasteiger partial charge in [-0.15, -0.1) is 0 Å². The van der Waals surface area contributed by atoms with Gasteiger partial charge >= 0.3 is 0 Å². The number of nitrogens with zero attached hydrogens (tertiary/aromatic N) is 2. The molecule has 1 saturated heterocycles. The van der Waals surface area contributed by atoms with Crippen LogP contribution < -0.4 is 5.32 Å². The van der Waals surface area contributed by atoms with Crippen molar-refractivity contribution in [3.8, 4) is 0 Å². The first-order valence-electron chi connectivity index (χ1n) is 9.27. The zero-order chi connectivity index (χ0) is 19.3. The fourth-order valence-corrected chi connectivity index (χ4v) is 5.01. The molecule has 2 saturated carbocycles. The molecule has 1 aliphatic heterocycles. The lowest BCUT2D eigenvalue weighted by atomic mass is 9.81. The number of carbonyl (C=O) groups is 3. The molecule has 4 atom stereocenters. The van der Waals surface area contributed by atoms with Gasteiger partial charge in [0.1, 0.15) is 0 Å². The largest absolute Gasteiger partial charge is 0.326 e. The van der Waals surface area contributed by atoms with Crippen molar-refractivity contribution < 1.29 is 19.3 Å². The van der Waals surface area contributed by atoms with E-state index >= 15 is 0 Å². The van der Waals surface area contributed by atoms with Crippen molar-refractivity contribution >= 4 is 29.1 Å². The molecule has 0 spiro atoms. The molecular formula is C19H21N3O5. The van der Waals surface area contributed by atoms with Gasteiger partial charge in [0.25, 0.3) is 5.69 Å². The van der Waals surface area contributed by atoms with Gasteiger partial charge in [-0.05, 0) is 44.1 Å². The summed E-state index contributed by atoms with van der Waals surface area (Å²) in [6, 6.07) is 4.47. The summed E-state index contributed by atoms with van der Waals surface area (Å²) < 4.78 is 0. The van der Waals surface area contributed by atoms with Crippen LogP contribution in [0.15, 0.2) is 18.2 Å². The number of amides is 3. The molecule has 142 valence electrons. The third-order valence-electron chi connectivity index (χ3n) is 6.27. The van der Waals surface area contributed by atoms with E-state index in [1.807, 2.05) is 0 Å². The van der Waals surface area contributed by atoms with Gasteiger partial charge in [-0.2, -0.15) is 0 Å². The Morgan fingerprint density at radius 3 is 2.44 bits per heavy atom. The Hall–Kier alpha value is -2.77. The molecule has 0 unspecified atom stereocenters. The second-order valence-electron chi connectivity index (χ2n) is 7.77. The third kappa shape index (κ3) is 2.89. The lowest BCUT2D eigenvalue weighted by molar-refractivity contribution is -0.385. The van der Waals surface area contributed by atoms with E-state index in [-0.39, 0.29) is 48.2 Å². The van der Waals surface area contributed by atoms with Crippen molar-refractivity contribution in [2.45, 2.75) is 32.6 Å². The fraction of sp³-hybridized carbons (Fsp3) is 0.526. The van der Waals surface area contributed by atoms with Crippen molar-refractivity contribution in [2.24, 2.45) is 23.7 Å². The highest BCUT2D eigenvalue weighted by Gasteiger charge is 2.60. The summed E-state index contributed by atoms with van der Waals surface area (Å²) >= 11 is 0. The number of likely N-dealkylation sites (tertiary alicyclic amines) is 1. The highest BCUT2D eigenvalue weighted by Crippen LogP contribution is 2.56. The summed E-state index contributed by atoms with van der Waals surface area (Å²) in [5.74, 6) is -0.356. The van der Waals surface area contributed by atoms with E-state index in [4.69, 9.17) is 0 Å². The van der Waals surface area contributed by atoms with E-state index in [2.05, 4.69) is 5.32 Å². The van der Waals surface area contributed by atoms with Crippen LogP contribution in [0, 0.1) is 40.7 Å². The molecule has 3 fully saturated rings. The van der Waals surface area contributed by atoms with E-state index in [0.29, 0.717) is 23.1 Å². The van der Waals surface area contributed by atoms with E-state index in [0.717, 1.165) is 19.3 Å². The van der Waals surface area contributed by atoms with Crippen molar-refractivity contribution in [1.82, 2.24) is 4.90 Å². The Morgan fingerprint density at radius 2 is 1.85 bits per heavy atom. The highest BCUT2D eigenvalue weighted by molar-refractivity contribution is 6.06. The Labute approximate surface area is 156 Å². The van der Waals surface area contributed by atoms with Crippen molar-refractivity contribution in [3.63, 3.8) is 0 Å². The van der Waals surface area contributed by atoms with Gasteiger partial charge in [-0.3, -0.25) is 29.4 Å². The summed E-state index contributed by atoms with van der Waals surface area (Å²) in [4.78, 5) is 49.2. The molecule has 3 amide bonds. The third-order valence-corrected chi connectivity index (χ3v) is 6.27. The Bertz CT molecular complexity index is 824. The summed E-state index contributed by atoms with van der Waals surface area (Å²) in [5, 5.41) is 13.6. The standard InChI is InChI=1S/C19H21N3O5/c1-10-2-5-13(9-14(10)22(26)27)20-15(23)6-7-21-18(24)16-11-3-4-12(8-11)17(16)19(21)25/h2,5,9,11-12,16-17H,3-4,6-8H2,1H3,(H,20,23)/t11-,12+,16+,17-. The normalized spacial score (nSPS) is 28.6. The minimum atomic E-state index is -0.500. The lowest BCUT2D eigenvalue weighted by Crippen LogP contribution is -2.35. The van der Waals surface area contributed by atoms with Gasteiger partial charge in [0, 0.05) is 30.3 Å². The number of fused-ring (bicyclic) bond motifs is 5. The van der Waals surface area contributed by atoms with Crippen LogP contribution in [0.25, 0.3) is 0 Å². The second-order valence-corrected chi connectivity index (χ2v) is 7.77. The molecule has 2 bridgehead atoms. The number of nitro groups is 1. The quantitative estimate of drug-likeness (QED) is 0.485. The molecule has 1 aromatic rings. The zero-order valence-electron chi connectivity index (χ0n) is 15.0. The van der Waals surface area contributed by atoms with Crippen molar-refractivity contribution in [3.05, 3.63) is 33.9 Å². The Kier molecular flexibility index (Phi) is 4.20. The molecule has 0 radical (unpaired) electrons. The number of nitro benzene ring substituents is 1. The van der Waals surface area contributed by atoms with Crippen LogP contribution in [-0.4, -0.2) is 34.1 Å². The first-order chi connectivity index (χ1) is 12.9. The number of carbonyl (C=O) groups excluding carboxylic acids is 3. The monoisotopic (exact) mass is 371 g/mol. The van der Waals surface area contributed by atoms with Crippen LogP contribution in [0.4, 0.5) is 11.4 Å². The summed E-state index contributed by atoms with van der Waals surface area (Å²) in [7, 11) is 0. The molecule has 1 aromatic carbocycles. The maximum absolute atomic E-state index is 12.6. The van der Waals surface area contributed by atoms with Crippen LogP contribution in [-0.2, 0) is 14.4 Å². The maximum atomic E-state index is 12.6. The molecule has 8 nitrogen and oxygen atoms in total. The first kappa shape index (κ1) is 17.6. The molecule has 3 aliphatic rings. The van der Waals surface area contributed by atoms with Gasteiger partial charge in [0.2, 0.25) is 17.7 Å². The van der Waals surface area contributed by atoms with Gasteiger partial charge in [-0.1, -0.05) is 6.07 Å². The maximum Gasteiger partial charge on any atom is 0.274 e. The SMILES string of the molecule is Cc1ccc(NC(=O)CCN2C(=O)[C@@H]3[C@H]4CC[C@H](C4)[C@@H]3C2=O)cc1[N+](=O)[O-]. The van der Waals surface area contributed by atoms with Gasteiger partial charge < -0.3 is 5.32 Å². The van der Waals surface area contributed by atoms with Crippen LogP contribution in [0.1, 0.15) is 31.2 Å². The molecular weight excluding hydrogens is 350 g/mol. The average molecular weight is 371 g/mol. The number of aryl methyl sites for hydroxylation is 1. The number of rotatable bonds is 5. The second kappa shape index (κ2) is 6.44. The molecule has 1 heterocycles. The molecule has 8 heteroatoms. The van der Waals surface area contributed by atoms with Gasteiger partial charge in [-0.25, -0.2) is 0 Å². The van der Waals surface area contributed by atoms with E-state index in [1.165, 1.54) is 11.0 Å². The topological polar surface area (TPSA) is 110 Å². The summed E-state index contributed by atoms with van der Waals surface area (Å²) in [5.41, 5.74) is 0.764. The fourth-order valence-electron chi connectivity index (χ4n) is 5.01. The Morgan fingerprint density at radius 1 is 1.22 bits per heavy atom. The van der Waals surface area contributed by atoms with Crippen LogP contribution in [0.5, 0.6) is 0 Å². The van der Waals surface area contributed by atoms with E-state index in [9.17, 15) is 24.5 Å². The Balaban J connectivity index is 1.37. The van der Waals surface area contributed by atoms with Crippen LogP contribution in [0.2, 0.25) is 0 Å². The van der Waals surface area contributed by atoms with Crippen molar-refractivity contribution in [1.29, 1.82) is 0 Å². The first-order valence-corrected chi connectivity index (χ1v) is 9.27. The smallest absolute Gasteiger partial charge is 0.274 e. The van der Waals surface area contributed by atoms with Crippen molar-refractivity contribution in [2.75, 3.05) is 11.9 Å². The number of hydrogen-bond acceptors (Lipinski definition) is 5. The number of hydrogen-bond donors (Lipinski definition) is 1.